The third-order valence-electron chi connectivity index (χ3n) is 3.56. The molecule has 1 unspecified atom stereocenters. The third kappa shape index (κ3) is 3.26. The topological polar surface area (TPSA) is 89.5 Å². The summed E-state index contributed by atoms with van der Waals surface area (Å²) in [5, 5.41) is 10.7. The lowest BCUT2D eigenvalue weighted by molar-refractivity contribution is -0.384. The van der Waals surface area contributed by atoms with Crippen molar-refractivity contribution in [1.29, 1.82) is 0 Å². The molecule has 20 heavy (non-hydrogen) atoms. The Hall–Kier alpha value is -1.66. The fraction of sp³-hybridized carbons (Fsp3) is 0.462. The SMILES string of the molecule is Cc1cc([N+](=O)[O-])ccc1C(=O)N1CCC(CN)C1.Cl. The van der Waals surface area contributed by atoms with E-state index < -0.39 is 4.92 Å². The van der Waals surface area contributed by atoms with Gasteiger partial charge in [-0.3, -0.25) is 14.9 Å². The summed E-state index contributed by atoms with van der Waals surface area (Å²) in [6.07, 6.45) is 0.925. The molecule has 6 nitrogen and oxygen atoms in total. The molecule has 1 heterocycles. The van der Waals surface area contributed by atoms with E-state index in [2.05, 4.69) is 0 Å². The first-order chi connectivity index (χ1) is 9.02. The minimum Gasteiger partial charge on any atom is -0.338 e. The highest BCUT2D eigenvalue weighted by Crippen LogP contribution is 2.22. The number of benzene rings is 1. The van der Waals surface area contributed by atoms with E-state index in [4.69, 9.17) is 5.73 Å². The van der Waals surface area contributed by atoms with Crippen molar-refractivity contribution in [2.45, 2.75) is 13.3 Å². The number of hydrogen-bond donors (Lipinski definition) is 1. The Morgan fingerprint density at radius 1 is 1.55 bits per heavy atom. The molecule has 2 rings (SSSR count). The predicted molar refractivity (Wildman–Crippen MR) is 78.1 cm³/mol. The first-order valence-corrected chi connectivity index (χ1v) is 6.27. The molecule has 1 aromatic rings. The highest BCUT2D eigenvalue weighted by molar-refractivity contribution is 5.96. The molecule has 1 aromatic carbocycles. The molecule has 7 heteroatoms. The normalized spacial score (nSPS) is 17.7. The summed E-state index contributed by atoms with van der Waals surface area (Å²) >= 11 is 0. The maximum absolute atomic E-state index is 12.3. The number of non-ortho nitro benzene ring substituents is 1. The molecule has 110 valence electrons. The van der Waals surface area contributed by atoms with E-state index in [1.165, 1.54) is 18.2 Å². The molecule has 0 aromatic heterocycles. The molecule has 0 saturated carbocycles. The summed E-state index contributed by atoms with van der Waals surface area (Å²) in [6, 6.07) is 4.34. The third-order valence-corrected chi connectivity index (χ3v) is 3.56. The Morgan fingerprint density at radius 3 is 2.75 bits per heavy atom. The van der Waals surface area contributed by atoms with Gasteiger partial charge in [-0.1, -0.05) is 0 Å². The minimum atomic E-state index is -0.457. The number of nitrogens with two attached hydrogens (primary N) is 1. The second-order valence-corrected chi connectivity index (χ2v) is 4.90. The lowest BCUT2D eigenvalue weighted by Crippen LogP contribution is -2.30. The van der Waals surface area contributed by atoms with Crippen molar-refractivity contribution in [1.82, 2.24) is 4.90 Å². The number of rotatable bonds is 3. The van der Waals surface area contributed by atoms with Gasteiger partial charge in [-0.2, -0.15) is 0 Å². The molecule has 0 spiro atoms. The van der Waals surface area contributed by atoms with Crippen LogP contribution < -0.4 is 5.73 Å². The quantitative estimate of drug-likeness (QED) is 0.680. The lowest BCUT2D eigenvalue weighted by atomic mass is 10.1. The lowest BCUT2D eigenvalue weighted by Gasteiger charge is -2.17. The maximum Gasteiger partial charge on any atom is 0.269 e. The number of amides is 1. The first kappa shape index (κ1) is 16.4. The number of nitro benzene ring substituents is 1. The Morgan fingerprint density at radius 2 is 2.25 bits per heavy atom. The molecule has 1 amide bonds. The Kier molecular flexibility index (Phi) is 5.47. The van der Waals surface area contributed by atoms with E-state index in [9.17, 15) is 14.9 Å². The summed E-state index contributed by atoms with van der Waals surface area (Å²) in [5.74, 6) is 0.297. The van der Waals surface area contributed by atoms with E-state index in [1.54, 1.807) is 11.8 Å². The van der Waals surface area contributed by atoms with Crippen LogP contribution in [0.25, 0.3) is 0 Å². The average Bonchev–Trinajstić information content (AvgIpc) is 2.86. The first-order valence-electron chi connectivity index (χ1n) is 6.27. The van der Waals surface area contributed by atoms with Gasteiger partial charge in [-0.05, 0) is 37.4 Å². The molecule has 1 fully saturated rings. The van der Waals surface area contributed by atoms with Gasteiger partial charge in [0.2, 0.25) is 0 Å². The van der Waals surface area contributed by atoms with Gasteiger partial charge in [0.15, 0.2) is 0 Å². The molecule has 1 saturated heterocycles. The molecule has 1 aliphatic rings. The number of hydrogen-bond acceptors (Lipinski definition) is 4. The zero-order valence-corrected chi connectivity index (χ0v) is 12.1. The molecule has 0 bridgehead atoms. The van der Waals surface area contributed by atoms with E-state index in [-0.39, 0.29) is 24.0 Å². The van der Waals surface area contributed by atoms with Gasteiger partial charge in [-0.25, -0.2) is 0 Å². The van der Waals surface area contributed by atoms with Crippen LogP contribution >= 0.6 is 12.4 Å². The number of halogens is 1. The summed E-state index contributed by atoms with van der Waals surface area (Å²) in [6.45, 7) is 3.68. The van der Waals surface area contributed by atoms with E-state index in [0.717, 1.165) is 6.42 Å². The molecule has 2 N–H and O–H groups in total. The van der Waals surface area contributed by atoms with Crippen molar-refractivity contribution in [2.75, 3.05) is 19.6 Å². The van der Waals surface area contributed by atoms with Crippen LogP contribution in [0.2, 0.25) is 0 Å². The van der Waals surface area contributed by atoms with Gasteiger partial charge < -0.3 is 10.6 Å². The van der Waals surface area contributed by atoms with Crippen molar-refractivity contribution in [3.05, 3.63) is 39.4 Å². The summed E-state index contributed by atoms with van der Waals surface area (Å²) in [7, 11) is 0. The van der Waals surface area contributed by atoms with Gasteiger partial charge in [-0.15, -0.1) is 12.4 Å². The summed E-state index contributed by atoms with van der Waals surface area (Å²) in [4.78, 5) is 24.3. The van der Waals surface area contributed by atoms with E-state index >= 15 is 0 Å². The van der Waals surface area contributed by atoms with Gasteiger partial charge >= 0.3 is 0 Å². The van der Waals surface area contributed by atoms with Crippen molar-refractivity contribution in [3.63, 3.8) is 0 Å². The van der Waals surface area contributed by atoms with Crippen molar-refractivity contribution >= 4 is 24.0 Å². The van der Waals surface area contributed by atoms with E-state index in [0.29, 0.717) is 36.7 Å². The van der Waals surface area contributed by atoms with Crippen LogP contribution in [0.3, 0.4) is 0 Å². The monoisotopic (exact) mass is 299 g/mol. The summed E-state index contributed by atoms with van der Waals surface area (Å²) in [5.41, 5.74) is 6.78. The van der Waals surface area contributed by atoms with Crippen molar-refractivity contribution in [3.8, 4) is 0 Å². The summed E-state index contributed by atoms with van der Waals surface area (Å²) < 4.78 is 0. The smallest absolute Gasteiger partial charge is 0.269 e. The van der Waals surface area contributed by atoms with E-state index in [1.807, 2.05) is 0 Å². The molecule has 1 aliphatic heterocycles. The Labute approximate surface area is 123 Å². The fourth-order valence-electron chi connectivity index (χ4n) is 2.38. The van der Waals surface area contributed by atoms with Crippen LogP contribution in [0.4, 0.5) is 5.69 Å². The van der Waals surface area contributed by atoms with Crippen LogP contribution in [0.5, 0.6) is 0 Å². The van der Waals surface area contributed by atoms with Crippen molar-refractivity contribution < 1.29 is 9.72 Å². The highest BCUT2D eigenvalue weighted by atomic mass is 35.5. The second kappa shape index (κ2) is 6.67. The van der Waals surface area contributed by atoms with Crippen LogP contribution in [-0.4, -0.2) is 35.4 Å². The second-order valence-electron chi connectivity index (χ2n) is 4.90. The standard InChI is InChI=1S/C13H17N3O3.ClH/c1-9-6-11(16(18)19)2-3-12(9)13(17)15-5-4-10(7-14)8-15;/h2-3,6,10H,4-5,7-8,14H2,1H3;1H. The van der Waals surface area contributed by atoms with Gasteiger partial charge in [0.25, 0.3) is 11.6 Å². The maximum atomic E-state index is 12.3. The minimum absolute atomic E-state index is 0. The van der Waals surface area contributed by atoms with Gasteiger partial charge in [0, 0.05) is 30.8 Å². The number of carbonyl (C=O) groups excluding carboxylic acids is 1. The highest BCUT2D eigenvalue weighted by Gasteiger charge is 2.27. The molecule has 1 atom stereocenters. The largest absolute Gasteiger partial charge is 0.338 e. The molecule has 0 aliphatic carbocycles. The van der Waals surface area contributed by atoms with Gasteiger partial charge in [0.05, 0.1) is 4.92 Å². The number of carbonyl (C=O) groups is 1. The molecular weight excluding hydrogens is 282 g/mol. The van der Waals surface area contributed by atoms with Crippen LogP contribution in [0, 0.1) is 23.0 Å². The zero-order valence-electron chi connectivity index (χ0n) is 11.2. The molecule has 0 radical (unpaired) electrons. The van der Waals surface area contributed by atoms with Gasteiger partial charge in [0.1, 0.15) is 0 Å². The average molecular weight is 300 g/mol. The van der Waals surface area contributed by atoms with Crippen LogP contribution in [0.15, 0.2) is 18.2 Å². The Balaban J connectivity index is 0.00000200. The number of nitro groups is 1. The van der Waals surface area contributed by atoms with Crippen molar-refractivity contribution in [2.24, 2.45) is 11.7 Å². The Bertz CT molecular complexity index is 522. The van der Waals surface area contributed by atoms with Crippen LogP contribution in [-0.2, 0) is 0 Å². The predicted octanol–water partition coefficient (Wildman–Crippen LogP) is 1.75. The number of likely N-dealkylation sites (tertiary alicyclic amines) is 1. The number of nitrogens with zero attached hydrogens (tertiary/aromatic N) is 2. The fourth-order valence-corrected chi connectivity index (χ4v) is 2.38. The number of aryl methyl sites for hydroxylation is 1. The molecular formula is C13H18ClN3O3. The zero-order chi connectivity index (χ0) is 14.0. The van der Waals surface area contributed by atoms with Crippen LogP contribution in [0.1, 0.15) is 22.3 Å².